The van der Waals surface area contributed by atoms with Crippen LogP contribution < -0.4 is 14.8 Å². The third-order valence-corrected chi connectivity index (χ3v) is 6.97. The number of anilines is 1. The predicted molar refractivity (Wildman–Crippen MR) is 125 cm³/mol. The van der Waals surface area contributed by atoms with Crippen molar-refractivity contribution in [3.63, 3.8) is 0 Å². The summed E-state index contributed by atoms with van der Waals surface area (Å²) < 4.78 is 19.1. The number of hydrogen-bond donors (Lipinski definition) is 1. The number of nitrogens with one attached hydrogen (secondary N) is 1. The fourth-order valence-electron chi connectivity index (χ4n) is 5.15. The number of aromatic nitrogens is 3. The summed E-state index contributed by atoms with van der Waals surface area (Å²) in [6.45, 7) is 8.52. The number of ether oxygens (including phenoxy) is 3. The summed E-state index contributed by atoms with van der Waals surface area (Å²) in [5.74, 6) is 2.87. The van der Waals surface area contributed by atoms with E-state index in [2.05, 4.69) is 36.2 Å². The van der Waals surface area contributed by atoms with Crippen LogP contribution in [0.3, 0.4) is 0 Å². The number of nitrogens with zero attached hydrogens (tertiary/aromatic N) is 3. The summed E-state index contributed by atoms with van der Waals surface area (Å²) in [6, 6.07) is 4.99. The Balaban J connectivity index is 1.75. The van der Waals surface area contributed by atoms with Crippen molar-refractivity contribution in [3.05, 3.63) is 41.4 Å². The minimum absolute atomic E-state index is 0.105. The first-order chi connectivity index (χ1) is 15.8. The number of carbonyl (C=O) groups is 1. The molecule has 4 atom stereocenters. The highest BCUT2D eigenvalue weighted by molar-refractivity contribution is 5.92. The molecule has 0 unspecified atom stereocenters. The summed E-state index contributed by atoms with van der Waals surface area (Å²) in [5, 5.41) is 7.63. The smallest absolute Gasteiger partial charge is 0.338 e. The van der Waals surface area contributed by atoms with E-state index in [4.69, 9.17) is 14.2 Å². The molecule has 1 aliphatic heterocycles. The van der Waals surface area contributed by atoms with Gasteiger partial charge in [0.15, 0.2) is 0 Å². The molecule has 0 bridgehead atoms. The summed E-state index contributed by atoms with van der Waals surface area (Å²) in [6.07, 6.45) is 4.50. The zero-order valence-corrected chi connectivity index (χ0v) is 20.3. The minimum Gasteiger partial charge on any atom is -0.497 e. The van der Waals surface area contributed by atoms with Crippen LogP contribution in [0, 0.1) is 17.8 Å². The van der Waals surface area contributed by atoms with E-state index in [9.17, 15) is 4.79 Å². The molecule has 33 heavy (non-hydrogen) atoms. The van der Waals surface area contributed by atoms with Crippen molar-refractivity contribution in [1.82, 2.24) is 14.8 Å². The van der Waals surface area contributed by atoms with Gasteiger partial charge in [0, 0.05) is 11.3 Å². The minimum atomic E-state index is -0.556. The molecule has 0 spiro atoms. The number of allylic oxidation sites excluding steroid dienone is 1. The summed E-state index contributed by atoms with van der Waals surface area (Å²) >= 11 is 0. The number of fused-ring (bicyclic) bond motifs is 1. The van der Waals surface area contributed by atoms with Crippen LogP contribution in [0.15, 0.2) is 35.8 Å². The standard InChI is InChI=1S/C25H34N4O4/c1-14(2)18-9-7-15(3)11-21(18)33-24(30)22-16(4)28-25-26-13-27-29(25)23(22)19-12-17(31-5)8-10-20(19)32-6/h8,10,12-15,18,21,23H,7,9,11H2,1-6H3,(H,26,27,28)/t15-,18-,21+,23+/m0/s1. The Morgan fingerprint density at radius 1 is 1.21 bits per heavy atom. The van der Waals surface area contributed by atoms with Gasteiger partial charge < -0.3 is 19.5 Å². The molecular weight excluding hydrogens is 420 g/mol. The van der Waals surface area contributed by atoms with Gasteiger partial charge in [-0.3, -0.25) is 0 Å². The SMILES string of the molecule is COc1ccc(OC)c([C@@H]2C(C(=O)O[C@@H]3C[C@@H](C)CC[C@H]3C(C)C)=C(C)Nc3ncnn32)c1. The van der Waals surface area contributed by atoms with Crippen molar-refractivity contribution in [2.24, 2.45) is 17.8 Å². The van der Waals surface area contributed by atoms with Gasteiger partial charge in [-0.15, -0.1) is 0 Å². The van der Waals surface area contributed by atoms with Gasteiger partial charge in [-0.05, 0) is 55.7 Å². The molecule has 2 heterocycles. The summed E-state index contributed by atoms with van der Waals surface area (Å²) in [4.78, 5) is 18.1. The molecule has 8 heteroatoms. The molecule has 1 aliphatic carbocycles. The van der Waals surface area contributed by atoms with Gasteiger partial charge in [0.2, 0.25) is 5.95 Å². The Hall–Kier alpha value is -3.03. The predicted octanol–water partition coefficient (Wildman–Crippen LogP) is 4.59. The van der Waals surface area contributed by atoms with Gasteiger partial charge in [0.1, 0.15) is 30.0 Å². The third-order valence-electron chi connectivity index (χ3n) is 6.97. The maximum absolute atomic E-state index is 13.8. The molecule has 1 aromatic heterocycles. The molecule has 1 N–H and O–H groups in total. The molecule has 0 amide bonds. The van der Waals surface area contributed by atoms with Crippen LogP contribution in [-0.4, -0.2) is 41.1 Å². The molecule has 1 fully saturated rings. The van der Waals surface area contributed by atoms with E-state index in [1.807, 2.05) is 25.1 Å². The second kappa shape index (κ2) is 9.45. The van der Waals surface area contributed by atoms with E-state index in [1.54, 1.807) is 18.9 Å². The van der Waals surface area contributed by atoms with Crippen LogP contribution in [0.4, 0.5) is 5.95 Å². The fourth-order valence-corrected chi connectivity index (χ4v) is 5.15. The molecule has 0 saturated heterocycles. The fraction of sp³-hybridized carbons (Fsp3) is 0.560. The van der Waals surface area contributed by atoms with Crippen LogP contribution in [-0.2, 0) is 9.53 Å². The molecule has 0 radical (unpaired) electrons. The molecule has 2 aliphatic rings. The van der Waals surface area contributed by atoms with Crippen LogP contribution >= 0.6 is 0 Å². The highest BCUT2D eigenvalue weighted by atomic mass is 16.5. The average Bonchev–Trinajstić information content (AvgIpc) is 3.25. The molecule has 178 valence electrons. The zero-order chi connectivity index (χ0) is 23.7. The highest BCUT2D eigenvalue weighted by Gasteiger charge is 2.39. The largest absolute Gasteiger partial charge is 0.497 e. The number of rotatable bonds is 6. The van der Waals surface area contributed by atoms with Crippen molar-refractivity contribution in [1.29, 1.82) is 0 Å². The van der Waals surface area contributed by atoms with Gasteiger partial charge in [0.25, 0.3) is 0 Å². The van der Waals surface area contributed by atoms with Crippen molar-refractivity contribution in [2.45, 2.75) is 59.1 Å². The molecule has 1 saturated carbocycles. The zero-order valence-electron chi connectivity index (χ0n) is 20.3. The molecule has 4 rings (SSSR count). The highest BCUT2D eigenvalue weighted by Crippen LogP contribution is 2.42. The monoisotopic (exact) mass is 454 g/mol. The first-order valence-corrected chi connectivity index (χ1v) is 11.6. The van der Waals surface area contributed by atoms with Gasteiger partial charge in [-0.2, -0.15) is 10.1 Å². The number of benzene rings is 1. The second-order valence-corrected chi connectivity index (χ2v) is 9.47. The topological polar surface area (TPSA) is 87.5 Å². The number of carbonyl (C=O) groups excluding carboxylic acids is 1. The molecule has 2 aromatic rings. The van der Waals surface area contributed by atoms with Gasteiger partial charge >= 0.3 is 5.97 Å². The maximum Gasteiger partial charge on any atom is 0.338 e. The van der Waals surface area contributed by atoms with E-state index in [-0.39, 0.29) is 12.1 Å². The molecule has 8 nitrogen and oxygen atoms in total. The van der Waals surface area contributed by atoms with Crippen LogP contribution in [0.25, 0.3) is 0 Å². The normalized spacial score (nSPS) is 24.8. The number of methoxy groups -OCH3 is 2. The van der Waals surface area contributed by atoms with Gasteiger partial charge in [0.05, 0.1) is 19.8 Å². The lowest BCUT2D eigenvalue weighted by molar-refractivity contribution is -0.151. The van der Waals surface area contributed by atoms with Gasteiger partial charge in [-0.1, -0.05) is 27.2 Å². The Bertz CT molecular complexity index is 1040. The van der Waals surface area contributed by atoms with E-state index in [0.29, 0.717) is 46.5 Å². The van der Waals surface area contributed by atoms with Crippen molar-refractivity contribution < 1.29 is 19.0 Å². The van der Waals surface area contributed by atoms with Crippen molar-refractivity contribution >= 4 is 11.9 Å². The lowest BCUT2D eigenvalue weighted by atomic mass is 9.75. The second-order valence-electron chi connectivity index (χ2n) is 9.47. The first kappa shape index (κ1) is 23.1. The maximum atomic E-state index is 13.8. The quantitative estimate of drug-likeness (QED) is 0.639. The summed E-state index contributed by atoms with van der Waals surface area (Å²) in [7, 11) is 3.22. The Morgan fingerprint density at radius 2 is 2.00 bits per heavy atom. The number of esters is 1. The average molecular weight is 455 g/mol. The lowest BCUT2D eigenvalue weighted by Gasteiger charge is -2.37. The van der Waals surface area contributed by atoms with E-state index >= 15 is 0 Å². The van der Waals surface area contributed by atoms with Crippen molar-refractivity contribution in [2.75, 3.05) is 19.5 Å². The lowest BCUT2D eigenvalue weighted by Crippen LogP contribution is -2.38. The molecule has 1 aromatic carbocycles. The summed E-state index contributed by atoms with van der Waals surface area (Å²) in [5.41, 5.74) is 1.95. The van der Waals surface area contributed by atoms with Gasteiger partial charge in [-0.25, -0.2) is 9.48 Å². The van der Waals surface area contributed by atoms with Crippen LogP contribution in [0.1, 0.15) is 58.6 Å². The number of hydrogen-bond acceptors (Lipinski definition) is 7. The van der Waals surface area contributed by atoms with Crippen molar-refractivity contribution in [3.8, 4) is 11.5 Å². The van der Waals surface area contributed by atoms with Crippen LogP contribution in [0.2, 0.25) is 0 Å². The van der Waals surface area contributed by atoms with E-state index in [0.717, 1.165) is 18.4 Å². The van der Waals surface area contributed by atoms with Crippen LogP contribution in [0.5, 0.6) is 11.5 Å². The first-order valence-electron chi connectivity index (χ1n) is 11.6. The molecular formula is C25H34N4O4. The van der Waals surface area contributed by atoms with E-state index < -0.39 is 6.04 Å². The third kappa shape index (κ3) is 4.43. The van der Waals surface area contributed by atoms with E-state index in [1.165, 1.54) is 12.7 Å². The Labute approximate surface area is 195 Å². The Morgan fingerprint density at radius 3 is 2.70 bits per heavy atom. The Kier molecular flexibility index (Phi) is 6.63.